The first-order valence-electron chi connectivity index (χ1n) is 6.98. The second kappa shape index (κ2) is 6.44. The van der Waals surface area contributed by atoms with Crippen molar-refractivity contribution < 1.29 is 14.6 Å². The van der Waals surface area contributed by atoms with Gasteiger partial charge in [-0.1, -0.05) is 35.9 Å². The fraction of sp³-hybridized carbons (Fsp3) is 0.278. The van der Waals surface area contributed by atoms with E-state index in [0.717, 1.165) is 22.3 Å². The minimum atomic E-state index is -0.948. The lowest BCUT2D eigenvalue weighted by atomic mass is 9.98. The maximum atomic E-state index is 11.4. The summed E-state index contributed by atoms with van der Waals surface area (Å²) in [7, 11) is 0. The van der Waals surface area contributed by atoms with Gasteiger partial charge in [0.05, 0.1) is 0 Å². The largest absolute Gasteiger partial charge is 0.478 e. The number of carboxylic acid groups (broad SMARTS) is 1. The van der Waals surface area contributed by atoms with Crippen LogP contribution in [0.2, 0.25) is 0 Å². The number of carbonyl (C=O) groups is 1. The zero-order valence-corrected chi connectivity index (χ0v) is 12.6. The van der Waals surface area contributed by atoms with Crippen molar-refractivity contribution in [1.82, 2.24) is 0 Å². The molecule has 0 heterocycles. The number of hydrogen-bond acceptors (Lipinski definition) is 2. The van der Waals surface area contributed by atoms with Crippen LogP contribution in [0.5, 0.6) is 5.75 Å². The molecule has 0 spiro atoms. The first-order chi connectivity index (χ1) is 9.97. The molecule has 0 radical (unpaired) electrons. The standard InChI is InChI=1S/C18H20O3/c1-12-7-9-16(10-8-12)21-17(18(19)20)11-15-6-4-5-13(2)14(15)3/h4-10,17H,11H2,1-3H3,(H,19,20). The molecular weight excluding hydrogens is 264 g/mol. The van der Waals surface area contributed by atoms with Crippen molar-refractivity contribution in [2.24, 2.45) is 0 Å². The van der Waals surface area contributed by atoms with E-state index < -0.39 is 12.1 Å². The molecule has 0 saturated heterocycles. The second-order valence-electron chi connectivity index (χ2n) is 5.32. The van der Waals surface area contributed by atoms with Gasteiger partial charge in [0.2, 0.25) is 0 Å². The predicted octanol–water partition coefficient (Wildman–Crippen LogP) is 3.69. The molecule has 1 N–H and O–H groups in total. The summed E-state index contributed by atoms with van der Waals surface area (Å²) in [5.41, 5.74) is 4.40. The molecular formula is C18H20O3. The first-order valence-corrected chi connectivity index (χ1v) is 6.98. The van der Waals surface area contributed by atoms with Crippen molar-refractivity contribution in [3.63, 3.8) is 0 Å². The van der Waals surface area contributed by atoms with E-state index in [1.54, 1.807) is 12.1 Å². The van der Waals surface area contributed by atoms with Crippen molar-refractivity contribution in [3.05, 3.63) is 64.7 Å². The third-order valence-electron chi connectivity index (χ3n) is 3.70. The van der Waals surface area contributed by atoms with Crippen LogP contribution in [-0.4, -0.2) is 17.2 Å². The Hall–Kier alpha value is -2.29. The van der Waals surface area contributed by atoms with E-state index in [1.165, 1.54) is 0 Å². The Morgan fingerprint density at radius 1 is 1.10 bits per heavy atom. The predicted molar refractivity (Wildman–Crippen MR) is 82.9 cm³/mol. The SMILES string of the molecule is Cc1ccc(OC(Cc2cccc(C)c2C)C(=O)O)cc1. The van der Waals surface area contributed by atoms with E-state index in [2.05, 4.69) is 0 Å². The highest BCUT2D eigenvalue weighted by atomic mass is 16.5. The molecule has 0 bridgehead atoms. The van der Waals surface area contributed by atoms with E-state index in [0.29, 0.717) is 12.2 Å². The van der Waals surface area contributed by atoms with Gasteiger partial charge in [0, 0.05) is 6.42 Å². The van der Waals surface area contributed by atoms with Gasteiger partial charge in [-0.05, 0) is 49.6 Å². The molecule has 2 rings (SSSR count). The van der Waals surface area contributed by atoms with E-state index in [9.17, 15) is 9.90 Å². The van der Waals surface area contributed by atoms with E-state index in [1.807, 2.05) is 51.1 Å². The summed E-state index contributed by atoms with van der Waals surface area (Å²) in [4.78, 5) is 11.4. The average Bonchev–Trinajstić information content (AvgIpc) is 2.45. The summed E-state index contributed by atoms with van der Waals surface area (Å²) in [6.45, 7) is 6.01. The van der Waals surface area contributed by atoms with Crippen LogP contribution in [0, 0.1) is 20.8 Å². The molecule has 21 heavy (non-hydrogen) atoms. The molecule has 0 aliphatic rings. The second-order valence-corrected chi connectivity index (χ2v) is 5.32. The fourth-order valence-corrected chi connectivity index (χ4v) is 2.19. The Labute approximate surface area is 125 Å². The molecule has 0 aliphatic heterocycles. The van der Waals surface area contributed by atoms with E-state index in [-0.39, 0.29) is 0 Å². The van der Waals surface area contributed by atoms with Crippen LogP contribution in [0.1, 0.15) is 22.3 Å². The van der Waals surface area contributed by atoms with Gasteiger partial charge in [-0.3, -0.25) is 0 Å². The van der Waals surface area contributed by atoms with Crippen molar-refractivity contribution in [2.75, 3.05) is 0 Å². The molecule has 2 aromatic rings. The van der Waals surface area contributed by atoms with Gasteiger partial charge in [0.1, 0.15) is 5.75 Å². The molecule has 0 aromatic heterocycles. The molecule has 3 heteroatoms. The first kappa shape index (κ1) is 15.1. The summed E-state index contributed by atoms with van der Waals surface area (Å²) in [5, 5.41) is 9.39. The summed E-state index contributed by atoms with van der Waals surface area (Å²) in [6.07, 6.45) is -0.523. The van der Waals surface area contributed by atoms with E-state index in [4.69, 9.17) is 4.74 Å². The maximum absolute atomic E-state index is 11.4. The van der Waals surface area contributed by atoms with Gasteiger partial charge in [-0.25, -0.2) is 4.79 Å². The Morgan fingerprint density at radius 3 is 2.38 bits per heavy atom. The Morgan fingerprint density at radius 2 is 1.76 bits per heavy atom. The lowest BCUT2D eigenvalue weighted by Gasteiger charge is -2.17. The van der Waals surface area contributed by atoms with Crippen molar-refractivity contribution in [2.45, 2.75) is 33.3 Å². The zero-order valence-electron chi connectivity index (χ0n) is 12.6. The highest BCUT2D eigenvalue weighted by Crippen LogP contribution is 2.19. The minimum Gasteiger partial charge on any atom is -0.478 e. The van der Waals surface area contributed by atoms with Crippen LogP contribution in [0.25, 0.3) is 0 Å². The summed E-state index contributed by atoms with van der Waals surface area (Å²) < 4.78 is 5.63. The summed E-state index contributed by atoms with van der Waals surface area (Å²) in [5.74, 6) is -0.366. The molecule has 0 saturated carbocycles. The smallest absolute Gasteiger partial charge is 0.345 e. The normalized spacial score (nSPS) is 12.0. The molecule has 1 atom stereocenters. The Bertz CT molecular complexity index is 629. The molecule has 110 valence electrons. The molecule has 0 aliphatic carbocycles. The maximum Gasteiger partial charge on any atom is 0.345 e. The monoisotopic (exact) mass is 284 g/mol. The van der Waals surface area contributed by atoms with Crippen molar-refractivity contribution >= 4 is 5.97 Å². The number of hydrogen-bond donors (Lipinski definition) is 1. The van der Waals surface area contributed by atoms with Gasteiger partial charge in [-0.2, -0.15) is 0 Å². The molecule has 1 unspecified atom stereocenters. The third kappa shape index (κ3) is 3.85. The average molecular weight is 284 g/mol. The summed E-state index contributed by atoms with van der Waals surface area (Å²) in [6, 6.07) is 13.3. The van der Waals surface area contributed by atoms with Crippen LogP contribution in [0.4, 0.5) is 0 Å². The van der Waals surface area contributed by atoms with Crippen LogP contribution < -0.4 is 4.74 Å². The Balaban J connectivity index is 2.18. The van der Waals surface area contributed by atoms with Crippen LogP contribution in [0.15, 0.2) is 42.5 Å². The highest BCUT2D eigenvalue weighted by Gasteiger charge is 2.21. The van der Waals surface area contributed by atoms with Gasteiger partial charge < -0.3 is 9.84 Å². The van der Waals surface area contributed by atoms with Crippen molar-refractivity contribution in [3.8, 4) is 5.75 Å². The number of carboxylic acids is 1. The van der Waals surface area contributed by atoms with Gasteiger partial charge in [0.15, 0.2) is 6.10 Å². The van der Waals surface area contributed by atoms with Crippen LogP contribution in [-0.2, 0) is 11.2 Å². The molecule has 0 amide bonds. The minimum absolute atomic E-state index is 0.358. The quantitative estimate of drug-likeness (QED) is 0.911. The Kier molecular flexibility index (Phi) is 4.63. The van der Waals surface area contributed by atoms with Crippen LogP contribution in [0.3, 0.4) is 0 Å². The van der Waals surface area contributed by atoms with Crippen LogP contribution >= 0.6 is 0 Å². The molecule has 2 aromatic carbocycles. The number of rotatable bonds is 5. The lowest BCUT2D eigenvalue weighted by molar-refractivity contribution is -0.145. The number of ether oxygens (including phenoxy) is 1. The van der Waals surface area contributed by atoms with Gasteiger partial charge in [0.25, 0.3) is 0 Å². The molecule has 0 fully saturated rings. The molecule has 3 nitrogen and oxygen atoms in total. The van der Waals surface area contributed by atoms with Gasteiger partial charge in [-0.15, -0.1) is 0 Å². The topological polar surface area (TPSA) is 46.5 Å². The number of aliphatic carboxylic acids is 1. The fourth-order valence-electron chi connectivity index (χ4n) is 2.19. The van der Waals surface area contributed by atoms with Gasteiger partial charge >= 0.3 is 5.97 Å². The third-order valence-corrected chi connectivity index (χ3v) is 3.70. The lowest BCUT2D eigenvalue weighted by Crippen LogP contribution is -2.29. The summed E-state index contributed by atoms with van der Waals surface area (Å²) >= 11 is 0. The zero-order chi connectivity index (χ0) is 15.4. The highest BCUT2D eigenvalue weighted by molar-refractivity contribution is 5.73. The number of aryl methyl sites for hydroxylation is 2. The van der Waals surface area contributed by atoms with Crippen molar-refractivity contribution in [1.29, 1.82) is 0 Å². The number of benzene rings is 2. The van der Waals surface area contributed by atoms with E-state index >= 15 is 0 Å².